The highest BCUT2D eigenvalue weighted by atomic mass is 16.3. The lowest BCUT2D eigenvalue weighted by Gasteiger charge is -2.29. The van der Waals surface area contributed by atoms with E-state index in [1.54, 1.807) is 0 Å². The van der Waals surface area contributed by atoms with E-state index in [1.165, 1.54) is 16.7 Å². The molecule has 0 bridgehead atoms. The maximum Gasteiger partial charge on any atom is 0.0587 e. The van der Waals surface area contributed by atoms with Crippen LogP contribution in [0.4, 0.5) is 0 Å². The Morgan fingerprint density at radius 3 is 2.48 bits per heavy atom. The van der Waals surface area contributed by atoms with Gasteiger partial charge in [-0.15, -0.1) is 0 Å². The molecule has 110 valence electrons. The second-order valence-electron chi connectivity index (χ2n) is 5.94. The average Bonchev–Trinajstić information content (AvgIpc) is 2.55. The highest BCUT2D eigenvalue weighted by molar-refractivity contribution is 5.30. The summed E-state index contributed by atoms with van der Waals surface area (Å²) in [6, 6.07) is 19.7. The number of benzene rings is 2. The van der Waals surface area contributed by atoms with Gasteiger partial charge in [-0.1, -0.05) is 54.6 Å². The second kappa shape index (κ2) is 6.88. The van der Waals surface area contributed by atoms with E-state index in [0.717, 1.165) is 25.7 Å². The molecular formula is C19H23NO. The lowest BCUT2D eigenvalue weighted by atomic mass is 9.88. The minimum Gasteiger partial charge on any atom is -0.395 e. The number of nitrogens with one attached hydrogen (secondary N) is 1. The van der Waals surface area contributed by atoms with Crippen LogP contribution < -0.4 is 5.32 Å². The molecule has 2 atom stereocenters. The Bertz CT molecular complexity index is 567. The van der Waals surface area contributed by atoms with Gasteiger partial charge in [-0.2, -0.15) is 0 Å². The van der Waals surface area contributed by atoms with Gasteiger partial charge in [0, 0.05) is 12.1 Å². The van der Waals surface area contributed by atoms with Crippen LogP contribution in [0.25, 0.3) is 0 Å². The minimum atomic E-state index is 0.141. The molecule has 2 unspecified atom stereocenters. The number of aliphatic hydroxyl groups is 1. The maximum atomic E-state index is 9.65. The van der Waals surface area contributed by atoms with Gasteiger partial charge in [0.05, 0.1) is 6.61 Å². The zero-order valence-corrected chi connectivity index (χ0v) is 12.3. The van der Waals surface area contributed by atoms with E-state index in [4.69, 9.17) is 0 Å². The van der Waals surface area contributed by atoms with Crippen molar-refractivity contribution >= 4 is 0 Å². The molecule has 2 aromatic carbocycles. The van der Waals surface area contributed by atoms with Crippen molar-refractivity contribution in [2.45, 2.75) is 37.8 Å². The smallest absolute Gasteiger partial charge is 0.0587 e. The number of rotatable bonds is 5. The van der Waals surface area contributed by atoms with Crippen LogP contribution in [-0.2, 0) is 19.3 Å². The molecule has 3 rings (SSSR count). The van der Waals surface area contributed by atoms with Gasteiger partial charge in [0.1, 0.15) is 0 Å². The van der Waals surface area contributed by atoms with Gasteiger partial charge < -0.3 is 10.4 Å². The zero-order valence-electron chi connectivity index (χ0n) is 12.3. The molecule has 1 aliphatic rings. The molecule has 0 spiro atoms. The van der Waals surface area contributed by atoms with Crippen LogP contribution in [0.2, 0.25) is 0 Å². The Morgan fingerprint density at radius 2 is 1.71 bits per heavy atom. The first-order chi connectivity index (χ1) is 10.3. The average molecular weight is 281 g/mol. The van der Waals surface area contributed by atoms with Crippen molar-refractivity contribution in [1.29, 1.82) is 0 Å². The van der Waals surface area contributed by atoms with Crippen LogP contribution in [0.15, 0.2) is 54.6 Å². The molecule has 2 N–H and O–H groups in total. The summed E-state index contributed by atoms with van der Waals surface area (Å²) in [5.41, 5.74) is 4.22. The van der Waals surface area contributed by atoms with E-state index in [0.29, 0.717) is 6.04 Å². The van der Waals surface area contributed by atoms with Crippen molar-refractivity contribution in [3.8, 4) is 0 Å². The second-order valence-corrected chi connectivity index (χ2v) is 5.94. The number of hydrogen-bond acceptors (Lipinski definition) is 2. The van der Waals surface area contributed by atoms with Crippen molar-refractivity contribution in [2.24, 2.45) is 0 Å². The Labute approximate surface area is 126 Å². The first kappa shape index (κ1) is 14.3. The van der Waals surface area contributed by atoms with E-state index in [9.17, 15) is 5.11 Å². The first-order valence-electron chi connectivity index (χ1n) is 7.83. The van der Waals surface area contributed by atoms with Crippen LogP contribution in [0.5, 0.6) is 0 Å². The summed E-state index contributed by atoms with van der Waals surface area (Å²) in [7, 11) is 0. The SMILES string of the molecule is OCC(Cc1ccccc1)NC1CCc2ccccc2C1. The normalized spacial score (nSPS) is 19.0. The molecule has 0 fully saturated rings. The molecule has 0 saturated heterocycles. The van der Waals surface area contributed by atoms with Crippen molar-refractivity contribution in [3.63, 3.8) is 0 Å². The molecule has 2 nitrogen and oxygen atoms in total. The van der Waals surface area contributed by atoms with Gasteiger partial charge in [-0.25, -0.2) is 0 Å². The summed E-state index contributed by atoms with van der Waals surface area (Å²) in [6.07, 6.45) is 4.25. The monoisotopic (exact) mass is 281 g/mol. The van der Waals surface area contributed by atoms with Crippen molar-refractivity contribution in [3.05, 3.63) is 71.3 Å². The van der Waals surface area contributed by atoms with Crippen LogP contribution in [0.1, 0.15) is 23.1 Å². The predicted octanol–water partition coefficient (Wildman–Crippen LogP) is 2.74. The molecule has 0 heterocycles. The van der Waals surface area contributed by atoms with Gasteiger partial charge >= 0.3 is 0 Å². The molecule has 0 saturated carbocycles. The lowest BCUT2D eigenvalue weighted by Crippen LogP contribution is -2.44. The van der Waals surface area contributed by atoms with Gasteiger partial charge in [-0.05, 0) is 42.4 Å². The standard InChI is InChI=1S/C19H23NO/c21-14-19(12-15-6-2-1-3-7-15)20-18-11-10-16-8-4-5-9-17(16)13-18/h1-9,18-21H,10-14H2. The fourth-order valence-electron chi connectivity index (χ4n) is 3.25. The topological polar surface area (TPSA) is 32.3 Å². The predicted molar refractivity (Wildman–Crippen MR) is 86.4 cm³/mol. The van der Waals surface area contributed by atoms with Crippen molar-refractivity contribution in [1.82, 2.24) is 5.32 Å². The van der Waals surface area contributed by atoms with Gasteiger partial charge in [0.2, 0.25) is 0 Å². The van der Waals surface area contributed by atoms with E-state index in [2.05, 4.69) is 53.8 Å². The molecule has 21 heavy (non-hydrogen) atoms. The fourth-order valence-corrected chi connectivity index (χ4v) is 3.25. The third-order valence-corrected chi connectivity index (χ3v) is 4.36. The largest absolute Gasteiger partial charge is 0.395 e. The van der Waals surface area contributed by atoms with Crippen LogP contribution >= 0.6 is 0 Å². The summed E-state index contributed by atoms with van der Waals surface area (Å²) in [5, 5.41) is 13.3. The van der Waals surface area contributed by atoms with Crippen molar-refractivity contribution < 1.29 is 5.11 Å². The first-order valence-corrected chi connectivity index (χ1v) is 7.83. The van der Waals surface area contributed by atoms with Crippen LogP contribution in [0.3, 0.4) is 0 Å². The summed E-state index contributed by atoms with van der Waals surface area (Å²) in [6.45, 7) is 0.188. The van der Waals surface area contributed by atoms with Gasteiger partial charge in [0.15, 0.2) is 0 Å². The van der Waals surface area contributed by atoms with Crippen LogP contribution in [-0.4, -0.2) is 23.8 Å². The molecule has 2 heteroatoms. The zero-order chi connectivity index (χ0) is 14.5. The molecular weight excluding hydrogens is 258 g/mol. The van der Waals surface area contributed by atoms with E-state index in [1.807, 2.05) is 6.07 Å². The molecule has 2 aromatic rings. The fraction of sp³-hybridized carbons (Fsp3) is 0.368. The highest BCUT2D eigenvalue weighted by Crippen LogP contribution is 2.21. The Kier molecular flexibility index (Phi) is 4.69. The number of fused-ring (bicyclic) bond motifs is 1. The summed E-state index contributed by atoms with van der Waals surface area (Å²) < 4.78 is 0. The highest BCUT2D eigenvalue weighted by Gasteiger charge is 2.20. The van der Waals surface area contributed by atoms with Crippen molar-refractivity contribution in [2.75, 3.05) is 6.61 Å². The third kappa shape index (κ3) is 3.72. The summed E-state index contributed by atoms with van der Waals surface area (Å²) in [4.78, 5) is 0. The quantitative estimate of drug-likeness (QED) is 0.883. The molecule has 0 radical (unpaired) electrons. The number of aliphatic hydroxyl groups excluding tert-OH is 1. The van der Waals surface area contributed by atoms with E-state index < -0.39 is 0 Å². The molecule has 1 aliphatic carbocycles. The minimum absolute atomic E-state index is 0.141. The van der Waals surface area contributed by atoms with Gasteiger partial charge in [-0.3, -0.25) is 0 Å². The molecule has 0 aliphatic heterocycles. The Hall–Kier alpha value is -1.64. The summed E-state index contributed by atoms with van der Waals surface area (Å²) in [5.74, 6) is 0. The summed E-state index contributed by atoms with van der Waals surface area (Å²) >= 11 is 0. The third-order valence-electron chi connectivity index (χ3n) is 4.36. The Balaban J connectivity index is 1.60. The number of hydrogen-bond donors (Lipinski definition) is 2. The van der Waals surface area contributed by atoms with Crippen LogP contribution in [0, 0.1) is 0 Å². The van der Waals surface area contributed by atoms with E-state index in [-0.39, 0.29) is 12.6 Å². The lowest BCUT2D eigenvalue weighted by molar-refractivity contribution is 0.225. The molecule has 0 amide bonds. The van der Waals surface area contributed by atoms with Gasteiger partial charge in [0.25, 0.3) is 0 Å². The Morgan fingerprint density at radius 1 is 1.00 bits per heavy atom. The van der Waals surface area contributed by atoms with E-state index >= 15 is 0 Å². The maximum absolute atomic E-state index is 9.65. The number of aryl methyl sites for hydroxylation is 1. The molecule has 0 aromatic heterocycles.